The van der Waals surface area contributed by atoms with Gasteiger partial charge in [-0.25, -0.2) is 5.43 Å². The smallest absolute Gasteiger partial charge is 0.243 e. The van der Waals surface area contributed by atoms with Gasteiger partial charge in [0.1, 0.15) is 0 Å². The number of hydrogen-bond acceptors (Lipinski definition) is 3. The van der Waals surface area contributed by atoms with Crippen LogP contribution in [-0.4, -0.2) is 11.6 Å². The van der Waals surface area contributed by atoms with Crippen molar-refractivity contribution in [2.75, 3.05) is 5.73 Å². The van der Waals surface area contributed by atoms with Crippen LogP contribution >= 0.6 is 0 Å². The van der Waals surface area contributed by atoms with E-state index >= 15 is 0 Å². The van der Waals surface area contributed by atoms with Gasteiger partial charge in [0.15, 0.2) is 0 Å². The minimum atomic E-state index is -0.0166. The summed E-state index contributed by atoms with van der Waals surface area (Å²) in [4.78, 5) is 12.1. The van der Waals surface area contributed by atoms with Crippen molar-refractivity contribution in [3.63, 3.8) is 0 Å². The molecule has 0 aromatic heterocycles. The van der Waals surface area contributed by atoms with Gasteiger partial charge >= 0.3 is 0 Å². The number of carbonyl (C=O) groups excluding carboxylic acids is 1. The number of hydrazone groups is 1. The maximum atomic E-state index is 12.1. The van der Waals surface area contributed by atoms with E-state index in [1.165, 1.54) is 5.56 Å². The Labute approximate surface area is 130 Å². The van der Waals surface area contributed by atoms with Crippen LogP contribution in [0.25, 0.3) is 0 Å². The molecule has 2 aromatic rings. The number of nitrogens with one attached hydrogen (secondary N) is 1. The van der Waals surface area contributed by atoms with Gasteiger partial charge in [-0.1, -0.05) is 42.5 Å². The monoisotopic (exact) mass is 293 g/mol. The molecule has 0 spiro atoms. The predicted molar refractivity (Wildman–Crippen MR) is 88.5 cm³/mol. The lowest BCUT2D eigenvalue weighted by molar-refractivity contribution is -0.122. The highest BCUT2D eigenvalue weighted by Gasteiger charge is 2.43. The largest absolute Gasteiger partial charge is 0.399 e. The third kappa shape index (κ3) is 3.17. The number of nitrogen functional groups attached to an aromatic ring is 1. The second kappa shape index (κ2) is 6.02. The van der Waals surface area contributed by atoms with Gasteiger partial charge in [-0.15, -0.1) is 0 Å². The third-order valence-electron chi connectivity index (χ3n) is 3.99. The standard InChI is InChI=1S/C18H19N3O/c1-12(14-8-5-9-15(19)10-14)20-21-18(22)17-11-16(17)13-6-3-2-4-7-13/h2-10,16-17H,11,19H2,1H3,(H,21,22)/b20-12-/t16-,17-/m1/s1. The molecule has 1 aliphatic carbocycles. The van der Waals surface area contributed by atoms with Crippen LogP contribution in [0.5, 0.6) is 0 Å². The van der Waals surface area contributed by atoms with Gasteiger partial charge in [0.25, 0.3) is 0 Å². The van der Waals surface area contributed by atoms with Crippen LogP contribution in [0.2, 0.25) is 0 Å². The highest BCUT2D eigenvalue weighted by molar-refractivity contribution is 6.00. The number of anilines is 1. The zero-order valence-electron chi connectivity index (χ0n) is 12.5. The molecule has 4 nitrogen and oxygen atoms in total. The third-order valence-corrected chi connectivity index (χ3v) is 3.99. The van der Waals surface area contributed by atoms with Gasteiger partial charge < -0.3 is 5.73 Å². The van der Waals surface area contributed by atoms with Gasteiger partial charge in [-0.3, -0.25) is 4.79 Å². The van der Waals surface area contributed by atoms with E-state index in [1.54, 1.807) is 0 Å². The minimum absolute atomic E-state index is 0.0166. The molecule has 0 bridgehead atoms. The van der Waals surface area contributed by atoms with Crippen molar-refractivity contribution in [3.8, 4) is 0 Å². The molecule has 112 valence electrons. The molecule has 1 aliphatic rings. The molecule has 1 amide bonds. The van der Waals surface area contributed by atoms with Crippen LogP contribution in [0.4, 0.5) is 5.69 Å². The van der Waals surface area contributed by atoms with E-state index in [-0.39, 0.29) is 11.8 Å². The summed E-state index contributed by atoms with van der Waals surface area (Å²) in [5, 5.41) is 4.19. The SMILES string of the molecule is C/C(=N/NC(=O)[C@@H]1C[C@@H]1c1ccccc1)c1cccc(N)c1. The van der Waals surface area contributed by atoms with Gasteiger partial charge in [0.2, 0.25) is 5.91 Å². The normalized spacial score (nSPS) is 20.5. The van der Waals surface area contributed by atoms with Crippen molar-refractivity contribution >= 4 is 17.3 Å². The van der Waals surface area contributed by atoms with Crippen molar-refractivity contribution < 1.29 is 4.79 Å². The molecule has 2 aromatic carbocycles. The zero-order valence-corrected chi connectivity index (χ0v) is 12.5. The van der Waals surface area contributed by atoms with E-state index in [0.717, 1.165) is 17.7 Å². The first-order valence-electron chi connectivity index (χ1n) is 7.40. The molecule has 4 heteroatoms. The first-order chi connectivity index (χ1) is 10.6. The fourth-order valence-electron chi connectivity index (χ4n) is 2.60. The summed E-state index contributed by atoms with van der Waals surface area (Å²) >= 11 is 0. The number of nitrogens with zero attached hydrogens (tertiary/aromatic N) is 1. The van der Waals surface area contributed by atoms with Crippen LogP contribution in [-0.2, 0) is 4.79 Å². The van der Waals surface area contributed by atoms with Crippen LogP contribution in [0.15, 0.2) is 59.7 Å². The molecule has 1 saturated carbocycles. The quantitative estimate of drug-likeness (QED) is 0.517. The van der Waals surface area contributed by atoms with Crippen molar-refractivity contribution in [3.05, 3.63) is 65.7 Å². The van der Waals surface area contributed by atoms with Crippen molar-refractivity contribution in [2.24, 2.45) is 11.0 Å². The molecule has 0 unspecified atom stereocenters. The Morgan fingerprint density at radius 3 is 2.68 bits per heavy atom. The van der Waals surface area contributed by atoms with Crippen LogP contribution in [0, 0.1) is 5.92 Å². The van der Waals surface area contributed by atoms with Crippen molar-refractivity contribution in [1.29, 1.82) is 0 Å². The van der Waals surface area contributed by atoms with E-state index in [4.69, 9.17) is 5.73 Å². The number of hydrogen-bond donors (Lipinski definition) is 2. The van der Waals surface area contributed by atoms with Crippen molar-refractivity contribution in [1.82, 2.24) is 5.43 Å². The molecule has 3 N–H and O–H groups in total. The van der Waals surface area contributed by atoms with Gasteiger partial charge in [0.05, 0.1) is 5.71 Å². The highest BCUT2D eigenvalue weighted by atomic mass is 16.2. The Morgan fingerprint density at radius 2 is 1.95 bits per heavy atom. The van der Waals surface area contributed by atoms with Crippen LogP contribution in [0.3, 0.4) is 0 Å². The summed E-state index contributed by atoms with van der Waals surface area (Å²) in [5.41, 5.74) is 12.0. The molecule has 22 heavy (non-hydrogen) atoms. The molecule has 1 fully saturated rings. The van der Waals surface area contributed by atoms with Gasteiger partial charge in [0, 0.05) is 11.6 Å². The minimum Gasteiger partial charge on any atom is -0.399 e. The summed E-state index contributed by atoms with van der Waals surface area (Å²) in [7, 11) is 0. The fourth-order valence-corrected chi connectivity index (χ4v) is 2.60. The van der Waals surface area contributed by atoms with Crippen LogP contribution in [0.1, 0.15) is 30.4 Å². The lowest BCUT2D eigenvalue weighted by atomic mass is 10.1. The second-order valence-electron chi connectivity index (χ2n) is 5.66. The second-order valence-corrected chi connectivity index (χ2v) is 5.66. The Kier molecular flexibility index (Phi) is 3.92. The molecular formula is C18H19N3O. The lowest BCUT2D eigenvalue weighted by Gasteiger charge is -2.04. The molecule has 3 rings (SSSR count). The van der Waals surface area contributed by atoms with Crippen molar-refractivity contribution in [2.45, 2.75) is 19.3 Å². The number of benzene rings is 2. The molecule has 0 heterocycles. The topological polar surface area (TPSA) is 67.5 Å². The maximum absolute atomic E-state index is 12.1. The summed E-state index contributed by atoms with van der Waals surface area (Å²) in [6, 6.07) is 17.6. The number of amides is 1. The first-order valence-corrected chi connectivity index (χ1v) is 7.40. The van der Waals surface area contributed by atoms with E-state index < -0.39 is 0 Å². The fraction of sp³-hybridized carbons (Fsp3) is 0.222. The number of rotatable bonds is 4. The summed E-state index contributed by atoms with van der Waals surface area (Å²) < 4.78 is 0. The maximum Gasteiger partial charge on any atom is 0.243 e. The first kappa shape index (κ1) is 14.3. The highest BCUT2D eigenvalue weighted by Crippen LogP contribution is 2.47. The average Bonchev–Trinajstić information content (AvgIpc) is 3.34. The summed E-state index contributed by atoms with van der Waals surface area (Å²) in [5.74, 6) is 0.334. The van der Waals surface area contributed by atoms with E-state index in [0.29, 0.717) is 11.6 Å². The number of nitrogens with two attached hydrogens (primary N) is 1. The Hall–Kier alpha value is -2.62. The van der Waals surface area contributed by atoms with E-state index in [9.17, 15) is 4.79 Å². The predicted octanol–water partition coefficient (Wildman–Crippen LogP) is 2.91. The summed E-state index contributed by atoms with van der Waals surface area (Å²) in [6.07, 6.45) is 0.892. The molecule has 0 radical (unpaired) electrons. The summed E-state index contributed by atoms with van der Waals surface area (Å²) in [6.45, 7) is 1.86. The number of carbonyl (C=O) groups is 1. The molecular weight excluding hydrogens is 274 g/mol. The Balaban J connectivity index is 1.60. The molecule has 0 aliphatic heterocycles. The van der Waals surface area contributed by atoms with Gasteiger partial charge in [-0.05, 0) is 42.5 Å². The Morgan fingerprint density at radius 1 is 1.18 bits per heavy atom. The van der Waals surface area contributed by atoms with E-state index in [2.05, 4.69) is 22.7 Å². The van der Waals surface area contributed by atoms with E-state index in [1.807, 2.05) is 49.4 Å². The van der Waals surface area contributed by atoms with Crippen LogP contribution < -0.4 is 11.2 Å². The molecule has 2 atom stereocenters. The zero-order chi connectivity index (χ0) is 15.5. The molecule has 0 saturated heterocycles. The Bertz CT molecular complexity index is 709. The average molecular weight is 293 g/mol. The van der Waals surface area contributed by atoms with Gasteiger partial charge in [-0.2, -0.15) is 5.10 Å². The lowest BCUT2D eigenvalue weighted by Crippen LogP contribution is -2.21.